The maximum Gasteiger partial charge on any atom is 0.243 e. The second-order valence-electron chi connectivity index (χ2n) is 4.36. The van der Waals surface area contributed by atoms with E-state index >= 15 is 0 Å². The van der Waals surface area contributed by atoms with Gasteiger partial charge < -0.3 is 0 Å². The second kappa shape index (κ2) is 4.20. The van der Waals surface area contributed by atoms with E-state index in [1.54, 1.807) is 0 Å². The van der Waals surface area contributed by atoms with Crippen LogP contribution in [-0.4, -0.2) is 33.4 Å². The molecule has 96 valence electrons. The molecular weight excluding hydrogens is 254 g/mol. The number of sulfone groups is 1. The largest absolute Gasteiger partial charge is 0.269 e. The molecule has 18 heavy (non-hydrogen) atoms. The third kappa shape index (κ3) is 2.03. The number of aromatic nitrogens is 5. The van der Waals surface area contributed by atoms with E-state index < -0.39 is 9.84 Å². The summed E-state index contributed by atoms with van der Waals surface area (Å²) in [6, 6.07) is 1.87. The van der Waals surface area contributed by atoms with Crippen LogP contribution in [0.3, 0.4) is 0 Å². The maximum atomic E-state index is 12.0. The molecule has 1 aliphatic rings. The Morgan fingerprint density at radius 2 is 2.28 bits per heavy atom. The van der Waals surface area contributed by atoms with Crippen LogP contribution >= 0.6 is 0 Å². The van der Waals surface area contributed by atoms with Crippen molar-refractivity contribution in [1.29, 1.82) is 0 Å². The van der Waals surface area contributed by atoms with Gasteiger partial charge in [0.05, 0.1) is 5.69 Å². The average Bonchev–Trinajstić information content (AvgIpc) is 2.96. The number of nitrogens with one attached hydrogen (secondary N) is 1. The molecule has 7 nitrogen and oxygen atoms in total. The summed E-state index contributed by atoms with van der Waals surface area (Å²) in [7, 11) is -3.47. The lowest BCUT2D eigenvalue weighted by atomic mass is 10.1. The van der Waals surface area contributed by atoms with Gasteiger partial charge in [0.1, 0.15) is 12.1 Å². The zero-order valence-corrected chi connectivity index (χ0v) is 10.5. The minimum atomic E-state index is -3.47. The molecule has 0 spiro atoms. The van der Waals surface area contributed by atoms with Crippen molar-refractivity contribution < 1.29 is 8.42 Å². The zero-order valence-electron chi connectivity index (χ0n) is 9.70. The van der Waals surface area contributed by atoms with Crippen molar-refractivity contribution in [2.24, 2.45) is 0 Å². The van der Waals surface area contributed by atoms with Crippen LogP contribution in [0.1, 0.15) is 24.2 Å². The van der Waals surface area contributed by atoms with E-state index in [9.17, 15) is 8.42 Å². The molecule has 0 unspecified atom stereocenters. The van der Waals surface area contributed by atoms with Crippen LogP contribution in [0.2, 0.25) is 0 Å². The van der Waals surface area contributed by atoms with E-state index in [0.717, 1.165) is 31.5 Å². The van der Waals surface area contributed by atoms with Gasteiger partial charge in [-0.05, 0) is 25.3 Å². The van der Waals surface area contributed by atoms with Crippen molar-refractivity contribution in [3.63, 3.8) is 0 Å². The second-order valence-corrected chi connectivity index (χ2v) is 6.26. The van der Waals surface area contributed by atoms with Gasteiger partial charge in [0, 0.05) is 12.2 Å². The van der Waals surface area contributed by atoms with Crippen LogP contribution < -0.4 is 0 Å². The van der Waals surface area contributed by atoms with E-state index in [1.165, 1.54) is 6.33 Å². The SMILES string of the molecule is O=S(=O)(Cc1cc2n(n1)CCCC2)c1ncn[nH]1. The van der Waals surface area contributed by atoms with Gasteiger partial charge in [-0.1, -0.05) is 0 Å². The first-order valence-corrected chi connectivity index (χ1v) is 7.44. The Bertz CT molecular complexity index is 620. The first-order valence-electron chi connectivity index (χ1n) is 5.79. The average molecular weight is 267 g/mol. The molecule has 0 saturated carbocycles. The summed E-state index contributed by atoms with van der Waals surface area (Å²) in [6.45, 7) is 0.873. The van der Waals surface area contributed by atoms with Gasteiger partial charge in [0.15, 0.2) is 0 Å². The molecule has 2 aromatic heterocycles. The van der Waals surface area contributed by atoms with Crippen molar-refractivity contribution in [2.75, 3.05) is 0 Å². The van der Waals surface area contributed by atoms with E-state index in [4.69, 9.17) is 0 Å². The lowest BCUT2D eigenvalue weighted by molar-refractivity contribution is 0.484. The van der Waals surface area contributed by atoms with Crippen molar-refractivity contribution in [3.05, 3.63) is 23.8 Å². The lowest BCUT2D eigenvalue weighted by Crippen LogP contribution is -2.11. The number of nitrogens with zero attached hydrogens (tertiary/aromatic N) is 4. The molecule has 0 saturated heterocycles. The molecule has 0 aliphatic carbocycles. The number of hydrogen-bond acceptors (Lipinski definition) is 5. The zero-order chi connectivity index (χ0) is 12.6. The molecule has 1 aliphatic heterocycles. The van der Waals surface area contributed by atoms with Crippen LogP contribution in [0.15, 0.2) is 17.6 Å². The normalized spacial score (nSPS) is 15.6. The predicted molar refractivity (Wildman–Crippen MR) is 62.4 cm³/mol. The summed E-state index contributed by atoms with van der Waals surface area (Å²) in [6.07, 6.45) is 4.39. The summed E-state index contributed by atoms with van der Waals surface area (Å²) in [4.78, 5) is 3.68. The third-order valence-corrected chi connectivity index (χ3v) is 4.45. The van der Waals surface area contributed by atoms with E-state index in [1.807, 2.05) is 10.7 Å². The number of fused-ring (bicyclic) bond motifs is 1. The van der Waals surface area contributed by atoms with Crippen LogP contribution in [0.4, 0.5) is 0 Å². The van der Waals surface area contributed by atoms with Gasteiger partial charge in [0.2, 0.25) is 15.0 Å². The molecule has 3 rings (SSSR count). The Morgan fingerprint density at radius 1 is 1.39 bits per heavy atom. The van der Waals surface area contributed by atoms with Crippen LogP contribution in [0.25, 0.3) is 0 Å². The van der Waals surface area contributed by atoms with Crippen LogP contribution in [-0.2, 0) is 28.6 Å². The first-order chi connectivity index (χ1) is 8.65. The molecule has 3 heterocycles. The summed E-state index contributed by atoms with van der Waals surface area (Å²) < 4.78 is 25.9. The molecule has 2 aromatic rings. The number of hydrogen-bond donors (Lipinski definition) is 1. The molecule has 0 fully saturated rings. The Kier molecular flexibility index (Phi) is 2.66. The summed E-state index contributed by atoms with van der Waals surface area (Å²) in [5.74, 6) is -0.137. The minimum Gasteiger partial charge on any atom is -0.269 e. The molecule has 8 heteroatoms. The van der Waals surface area contributed by atoms with Crippen LogP contribution in [0.5, 0.6) is 0 Å². The molecule has 0 radical (unpaired) electrons. The molecule has 0 amide bonds. The highest BCUT2D eigenvalue weighted by atomic mass is 32.2. The fourth-order valence-electron chi connectivity index (χ4n) is 2.16. The molecule has 0 bridgehead atoms. The molecule has 1 N–H and O–H groups in total. The van der Waals surface area contributed by atoms with Gasteiger partial charge >= 0.3 is 0 Å². The monoisotopic (exact) mass is 267 g/mol. The highest BCUT2D eigenvalue weighted by Gasteiger charge is 2.21. The maximum absolute atomic E-state index is 12.0. The highest BCUT2D eigenvalue weighted by Crippen LogP contribution is 2.18. The summed E-state index contributed by atoms with van der Waals surface area (Å²) in [5.41, 5.74) is 1.69. The van der Waals surface area contributed by atoms with E-state index in [2.05, 4.69) is 20.3 Å². The summed E-state index contributed by atoms with van der Waals surface area (Å²) in [5, 5.41) is 10.1. The fourth-order valence-corrected chi connectivity index (χ4v) is 3.22. The minimum absolute atomic E-state index is 0.103. The van der Waals surface area contributed by atoms with Crippen molar-refractivity contribution >= 4 is 9.84 Å². The highest BCUT2D eigenvalue weighted by molar-refractivity contribution is 7.90. The molecule has 0 atom stereocenters. The molecule has 0 aromatic carbocycles. The third-order valence-electron chi connectivity index (χ3n) is 2.99. The topological polar surface area (TPSA) is 93.5 Å². The predicted octanol–water partition coefficient (Wildman–Crippen LogP) is 0.311. The Labute approximate surface area is 104 Å². The van der Waals surface area contributed by atoms with Gasteiger partial charge in [-0.3, -0.25) is 9.78 Å². The smallest absolute Gasteiger partial charge is 0.243 e. The Hall–Kier alpha value is -1.70. The van der Waals surface area contributed by atoms with Crippen molar-refractivity contribution in [1.82, 2.24) is 25.0 Å². The Balaban J connectivity index is 1.87. The van der Waals surface area contributed by atoms with Crippen molar-refractivity contribution in [3.8, 4) is 0 Å². The summed E-state index contributed by atoms with van der Waals surface area (Å²) >= 11 is 0. The van der Waals surface area contributed by atoms with E-state index in [-0.39, 0.29) is 10.9 Å². The number of aryl methyl sites for hydroxylation is 2. The number of H-pyrrole nitrogens is 1. The number of rotatable bonds is 3. The van der Waals surface area contributed by atoms with Gasteiger partial charge in [-0.25, -0.2) is 13.4 Å². The standard InChI is InChI=1S/C10H13N5O2S/c16-18(17,10-11-7-12-13-10)6-8-5-9-3-1-2-4-15(9)14-8/h5,7H,1-4,6H2,(H,11,12,13). The van der Waals surface area contributed by atoms with E-state index in [0.29, 0.717) is 5.69 Å². The lowest BCUT2D eigenvalue weighted by Gasteiger charge is -2.11. The molecular formula is C10H13N5O2S. The van der Waals surface area contributed by atoms with Gasteiger partial charge in [-0.15, -0.1) is 0 Å². The quantitative estimate of drug-likeness (QED) is 0.864. The van der Waals surface area contributed by atoms with Crippen molar-refractivity contribution in [2.45, 2.75) is 36.7 Å². The van der Waals surface area contributed by atoms with Gasteiger partial charge in [-0.2, -0.15) is 10.2 Å². The first kappa shape index (κ1) is 11.4. The Morgan fingerprint density at radius 3 is 3.00 bits per heavy atom. The fraction of sp³-hybridized carbons (Fsp3) is 0.500. The van der Waals surface area contributed by atoms with Crippen LogP contribution in [0, 0.1) is 0 Å². The number of aromatic amines is 1. The van der Waals surface area contributed by atoms with Gasteiger partial charge in [0.25, 0.3) is 0 Å².